The fourth-order valence-electron chi connectivity index (χ4n) is 4.47. The third-order valence-corrected chi connectivity index (χ3v) is 6.43. The van der Waals surface area contributed by atoms with Gasteiger partial charge in [0, 0.05) is 20.0 Å². The molecule has 5 atom stereocenters. The molecule has 1 N–H and O–H groups in total. The molecule has 0 saturated carbocycles. The van der Waals surface area contributed by atoms with E-state index in [1.54, 1.807) is 6.92 Å². The first-order chi connectivity index (χ1) is 16.1. The fourth-order valence-corrected chi connectivity index (χ4v) is 4.47. The number of ether oxygens (including phenoxy) is 1. The van der Waals surface area contributed by atoms with Crippen molar-refractivity contribution in [2.45, 2.75) is 82.6 Å². The molecule has 0 aliphatic carbocycles. The van der Waals surface area contributed by atoms with Gasteiger partial charge in [-0.05, 0) is 53.1 Å². The van der Waals surface area contributed by atoms with E-state index >= 15 is 0 Å². The molecule has 2 heterocycles. The molecule has 2 saturated heterocycles. The van der Waals surface area contributed by atoms with Crippen LogP contribution in [0, 0.1) is 12.3 Å². The molecule has 10 nitrogen and oxygen atoms in total. The molecule has 34 heavy (non-hydrogen) atoms. The molecule has 2 rings (SSSR count). The van der Waals surface area contributed by atoms with Crippen molar-refractivity contribution in [1.29, 1.82) is 0 Å². The van der Waals surface area contributed by atoms with Gasteiger partial charge in [-0.3, -0.25) is 24.1 Å². The maximum Gasteiger partial charge on any atom is 0.323 e. The van der Waals surface area contributed by atoms with Gasteiger partial charge in [-0.15, -0.1) is 12.3 Å². The standard InChI is InChI=1S/C24H36N4O6/c1-6-9-18(22(31)25-16(2)15-29)27(5)23(32)19-10-8-13-28(19)21(30)14-17(3)34-24(33)20-11-7-12-26(20)4/h1,15-20H,7-14H2,2-5H3,(H,25,31). The molecule has 2 aliphatic heterocycles. The highest BCUT2D eigenvalue weighted by molar-refractivity contribution is 5.93. The molecule has 188 valence electrons. The molecular formula is C24H36N4O6. The van der Waals surface area contributed by atoms with Crippen LogP contribution in [0.25, 0.3) is 0 Å². The summed E-state index contributed by atoms with van der Waals surface area (Å²) < 4.78 is 5.50. The zero-order valence-corrected chi connectivity index (χ0v) is 20.5. The highest BCUT2D eigenvalue weighted by atomic mass is 16.5. The molecule has 2 aliphatic rings. The predicted molar refractivity (Wildman–Crippen MR) is 124 cm³/mol. The van der Waals surface area contributed by atoms with Crippen LogP contribution < -0.4 is 5.32 Å². The van der Waals surface area contributed by atoms with Gasteiger partial charge in [-0.2, -0.15) is 0 Å². The van der Waals surface area contributed by atoms with Crippen molar-refractivity contribution >= 4 is 30.0 Å². The molecule has 0 aromatic rings. The Morgan fingerprint density at radius 3 is 2.41 bits per heavy atom. The van der Waals surface area contributed by atoms with Crippen LogP contribution in [-0.2, 0) is 28.7 Å². The Hall–Kier alpha value is -2.93. The molecule has 2 fully saturated rings. The molecule has 0 spiro atoms. The topological polar surface area (TPSA) is 116 Å². The van der Waals surface area contributed by atoms with E-state index in [2.05, 4.69) is 11.2 Å². The lowest BCUT2D eigenvalue weighted by molar-refractivity contribution is -0.156. The van der Waals surface area contributed by atoms with E-state index < -0.39 is 36.0 Å². The van der Waals surface area contributed by atoms with Gasteiger partial charge in [0.2, 0.25) is 17.7 Å². The normalized spacial score (nSPS) is 22.9. The van der Waals surface area contributed by atoms with Gasteiger partial charge < -0.3 is 24.6 Å². The summed E-state index contributed by atoms with van der Waals surface area (Å²) in [5, 5.41) is 2.52. The number of aldehydes is 1. The highest BCUT2D eigenvalue weighted by Crippen LogP contribution is 2.23. The van der Waals surface area contributed by atoms with Gasteiger partial charge in [0.1, 0.15) is 30.5 Å². The number of hydrogen-bond donors (Lipinski definition) is 1. The number of hydrogen-bond acceptors (Lipinski definition) is 7. The monoisotopic (exact) mass is 476 g/mol. The quantitative estimate of drug-likeness (QED) is 0.267. The Kier molecular flexibility index (Phi) is 10.1. The van der Waals surface area contributed by atoms with E-state index in [0.29, 0.717) is 25.7 Å². The van der Waals surface area contributed by atoms with E-state index in [0.717, 1.165) is 19.4 Å². The SMILES string of the molecule is C#CCC(C(=O)NC(C)C=O)N(C)C(=O)C1CCCN1C(=O)CC(C)OC(=O)C1CCCN1C. The number of rotatable bonds is 10. The van der Waals surface area contributed by atoms with Gasteiger partial charge >= 0.3 is 5.97 Å². The number of carbonyl (C=O) groups is 5. The first-order valence-electron chi connectivity index (χ1n) is 11.8. The van der Waals surface area contributed by atoms with Crippen molar-refractivity contribution in [3.8, 4) is 12.3 Å². The molecule has 0 aromatic carbocycles. The first-order valence-corrected chi connectivity index (χ1v) is 11.8. The number of terminal acetylenes is 1. The Morgan fingerprint density at radius 2 is 1.82 bits per heavy atom. The van der Waals surface area contributed by atoms with Crippen molar-refractivity contribution in [2.75, 3.05) is 27.2 Å². The van der Waals surface area contributed by atoms with Crippen molar-refractivity contribution in [1.82, 2.24) is 20.0 Å². The Balaban J connectivity index is 2.00. The van der Waals surface area contributed by atoms with Crippen LogP contribution in [-0.4, -0.2) is 102 Å². The second kappa shape index (κ2) is 12.5. The van der Waals surface area contributed by atoms with Gasteiger partial charge in [-0.25, -0.2) is 0 Å². The number of esters is 1. The maximum atomic E-state index is 13.2. The zero-order valence-electron chi connectivity index (χ0n) is 20.5. The molecule has 0 radical (unpaired) electrons. The van der Waals surface area contributed by atoms with Crippen molar-refractivity contribution in [2.24, 2.45) is 0 Å². The average Bonchev–Trinajstić information content (AvgIpc) is 3.45. The lowest BCUT2D eigenvalue weighted by Crippen LogP contribution is -2.55. The van der Waals surface area contributed by atoms with Gasteiger partial charge in [0.05, 0.1) is 12.5 Å². The van der Waals surface area contributed by atoms with Crippen LogP contribution in [0.1, 0.15) is 52.4 Å². The van der Waals surface area contributed by atoms with Crippen LogP contribution in [0.15, 0.2) is 0 Å². The summed E-state index contributed by atoms with van der Waals surface area (Å²) in [5.41, 5.74) is 0. The maximum absolute atomic E-state index is 13.2. The molecule has 0 bridgehead atoms. The number of likely N-dealkylation sites (N-methyl/N-ethyl adjacent to an activating group) is 2. The summed E-state index contributed by atoms with van der Waals surface area (Å²) in [7, 11) is 3.35. The Labute approximate surface area is 201 Å². The number of likely N-dealkylation sites (tertiary alicyclic amines) is 2. The van der Waals surface area contributed by atoms with Crippen LogP contribution in [0.5, 0.6) is 0 Å². The lowest BCUT2D eigenvalue weighted by Gasteiger charge is -2.32. The van der Waals surface area contributed by atoms with Gasteiger partial charge in [-0.1, -0.05) is 0 Å². The van der Waals surface area contributed by atoms with Crippen molar-refractivity contribution in [3.63, 3.8) is 0 Å². The summed E-state index contributed by atoms with van der Waals surface area (Å²) in [5.74, 6) is 0.865. The molecule has 5 unspecified atom stereocenters. The smallest absolute Gasteiger partial charge is 0.323 e. The van der Waals surface area contributed by atoms with Crippen molar-refractivity contribution in [3.05, 3.63) is 0 Å². The summed E-state index contributed by atoms with van der Waals surface area (Å²) in [6, 6.07) is -2.68. The molecule has 0 aromatic heterocycles. The fraction of sp³-hybridized carbons (Fsp3) is 0.708. The van der Waals surface area contributed by atoms with Crippen LogP contribution >= 0.6 is 0 Å². The Morgan fingerprint density at radius 1 is 1.18 bits per heavy atom. The average molecular weight is 477 g/mol. The highest BCUT2D eigenvalue weighted by Gasteiger charge is 2.39. The number of nitrogens with zero attached hydrogens (tertiary/aromatic N) is 3. The second-order valence-electron chi connectivity index (χ2n) is 9.14. The second-order valence-corrected chi connectivity index (χ2v) is 9.14. The lowest BCUT2D eigenvalue weighted by atomic mass is 10.1. The van der Waals surface area contributed by atoms with E-state index in [-0.39, 0.29) is 30.8 Å². The first kappa shape index (κ1) is 27.3. The number of carbonyl (C=O) groups excluding carboxylic acids is 5. The molecule has 3 amide bonds. The van der Waals surface area contributed by atoms with Crippen LogP contribution in [0.3, 0.4) is 0 Å². The van der Waals surface area contributed by atoms with E-state index in [1.165, 1.54) is 23.8 Å². The largest absolute Gasteiger partial charge is 0.461 e. The third kappa shape index (κ3) is 6.79. The predicted octanol–water partition coefficient (Wildman–Crippen LogP) is -0.0527. The summed E-state index contributed by atoms with van der Waals surface area (Å²) >= 11 is 0. The van der Waals surface area contributed by atoms with Gasteiger partial charge in [0.25, 0.3) is 0 Å². The minimum absolute atomic E-state index is 0.0249. The van der Waals surface area contributed by atoms with E-state index in [1.807, 2.05) is 11.9 Å². The number of nitrogens with one attached hydrogen (secondary N) is 1. The van der Waals surface area contributed by atoms with Crippen LogP contribution in [0.2, 0.25) is 0 Å². The minimum Gasteiger partial charge on any atom is -0.461 e. The van der Waals surface area contributed by atoms with Crippen molar-refractivity contribution < 1.29 is 28.7 Å². The minimum atomic E-state index is -0.958. The summed E-state index contributed by atoms with van der Waals surface area (Å²) in [6.45, 7) is 4.44. The summed E-state index contributed by atoms with van der Waals surface area (Å²) in [6.07, 6.45) is 8.09. The molecule has 10 heteroatoms. The number of amides is 3. The van der Waals surface area contributed by atoms with Crippen LogP contribution in [0.4, 0.5) is 0 Å². The summed E-state index contributed by atoms with van der Waals surface area (Å²) in [4.78, 5) is 66.8. The zero-order chi connectivity index (χ0) is 25.4. The Bertz CT molecular complexity index is 825. The molecular weight excluding hydrogens is 440 g/mol. The van der Waals surface area contributed by atoms with E-state index in [9.17, 15) is 24.0 Å². The van der Waals surface area contributed by atoms with Gasteiger partial charge in [0.15, 0.2) is 0 Å². The third-order valence-electron chi connectivity index (χ3n) is 6.43. The van der Waals surface area contributed by atoms with E-state index in [4.69, 9.17) is 11.2 Å².